The average Bonchev–Trinajstić information content (AvgIpc) is 2.67. The number of halogens is 1. The molecule has 0 aliphatic carbocycles. The number of carbonyl (C=O) groups is 2. The fraction of sp³-hybridized carbons (Fsp3) is 0.222. The predicted molar refractivity (Wildman–Crippen MR) is 99.1 cm³/mol. The van der Waals surface area contributed by atoms with Crippen LogP contribution in [-0.2, 0) is 19.6 Å². The van der Waals surface area contributed by atoms with Gasteiger partial charge < -0.3 is 4.74 Å². The van der Waals surface area contributed by atoms with Crippen molar-refractivity contribution in [3.05, 3.63) is 64.7 Å². The van der Waals surface area contributed by atoms with E-state index in [0.29, 0.717) is 15.1 Å². The number of carbonyl (C=O) groups excluding carboxylic acids is 2. The lowest BCUT2D eigenvalue weighted by atomic mass is 10.1. The molecule has 1 unspecified atom stereocenters. The first-order valence-electron chi connectivity index (χ1n) is 7.80. The van der Waals surface area contributed by atoms with E-state index in [1.807, 2.05) is 0 Å². The van der Waals surface area contributed by atoms with Gasteiger partial charge in [-0.3, -0.25) is 9.63 Å². The molecule has 144 valence electrons. The first-order valence-corrected chi connectivity index (χ1v) is 9.62. The van der Waals surface area contributed by atoms with E-state index in [2.05, 4.69) is 0 Å². The lowest BCUT2D eigenvalue weighted by molar-refractivity contribution is -0.0258. The number of rotatable bonds is 7. The quantitative estimate of drug-likeness (QED) is 0.395. The molecule has 27 heavy (non-hydrogen) atoms. The molecule has 0 aliphatic rings. The number of sulfonamides is 1. The maximum Gasteiger partial charge on any atom is 0.338 e. The summed E-state index contributed by atoms with van der Waals surface area (Å²) in [6.45, 7) is 1.44. The highest BCUT2D eigenvalue weighted by Gasteiger charge is 2.24. The van der Waals surface area contributed by atoms with E-state index in [0.717, 1.165) is 6.07 Å². The fourth-order valence-corrected chi connectivity index (χ4v) is 3.31. The van der Waals surface area contributed by atoms with Crippen LogP contribution >= 0.6 is 11.6 Å². The summed E-state index contributed by atoms with van der Waals surface area (Å²) in [6, 6.07) is 11.5. The number of nitrogens with zero attached hydrogens (tertiary/aromatic N) is 1. The molecule has 0 N–H and O–H groups in total. The monoisotopic (exact) mass is 411 g/mol. The molecular weight excluding hydrogens is 394 g/mol. The van der Waals surface area contributed by atoms with E-state index >= 15 is 0 Å². The molecule has 0 radical (unpaired) electrons. The molecule has 2 rings (SSSR count). The average molecular weight is 412 g/mol. The number of hydrogen-bond donors (Lipinski definition) is 0. The molecule has 0 heterocycles. The zero-order chi connectivity index (χ0) is 20.2. The third-order valence-electron chi connectivity index (χ3n) is 3.74. The van der Waals surface area contributed by atoms with Crippen LogP contribution in [0.3, 0.4) is 0 Å². The van der Waals surface area contributed by atoms with Crippen molar-refractivity contribution in [3.63, 3.8) is 0 Å². The van der Waals surface area contributed by atoms with Crippen LogP contribution in [-0.4, -0.2) is 44.9 Å². The summed E-state index contributed by atoms with van der Waals surface area (Å²) in [5.74, 6) is -1.22. The van der Waals surface area contributed by atoms with Gasteiger partial charge in [-0.15, -0.1) is 0 Å². The van der Waals surface area contributed by atoms with Crippen molar-refractivity contribution in [1.29, 1.82) is 0 Å². The molecule has 9 heteroatoms. The molecule has 2 aromatic carbocycles. The molecule has 0 amide bonds. The lowest BCUT2D eigenvalue weighted by Crippen LogP contribution is -2.26. The van der Waals surface area contributed by atoms with E-state index < -0.39 is 27.9 Å². The molecule has 0 aromatic heterocycles. The molecule has 7 nitrogen and oxygen atoms in total. The Bertz CT molecular complexity index is 943. The van der Waals surface area contributed by atoms with Crippen LogP contribution in [0, 0.1) is 0 Å². The van der Waals surface area contributed by atoms with Gasteiger partial charge in [0.15, 0.2) is 6.10 Å². The van der Waals surface area contributed by atoms with Crippen molar-refractivity contribution in [1.82, 2.24) is 4.47 Å². The summed E-state index contributed by atoms with van der Waals surface area (Å²) in [4.78, 5) is 29.2. The number of ether oxygens (including phenoxy) is 1. The summed E-state index contributed by atoms with van der Waals surface area (Å²) in [7, 11) is -1.48. The van der Waals surface area contributed by atoms with Crippen molar-refractivity contribution in [3.8, 4) is 0 Å². The van der Waals surface area contributed by atoms with E-state index in [4.69, 9.17) is 21.2 Å². The van der Waals surface area contributed by atoms with Gasteiger partial charge >= 0.3 is 5.97 Å². The molecular formula is C18H18ClNO6S. The molecule has 0 saturated carbocycles. The summed E-state index contributed by atoms with van der Waals surface area (Å²) in [5.41, 5.74) is 0.342. The van der Waals surface area contributed by atoms with Gasteiger partial charge in [0, 0.05) is 17.6 Å². The molecule has 1 atom stereocenters. The van der Waals surface area contributed by atoms with Crippen molar-refractivity contribution < 1.29 is 27.6 Å². The van der Waals surface area contributed by atoms with Gasteiger partial charge in [0.25, 0.3) is 10.0 Å². The predicted octanol–water partition coefficient (Wildman–Crippen LogP) is 2.95. The Labute approximate surface area is 162 Å². The van der Waals surface area contributed by atoms with E-state index in [1.165, 1.54) is 51.4 Å². The first kappa shape index (κ1) is 21.0. The van der Waals surface area contributed by atoms with Crippen LogP contribution in [0.4, 0.5) is 0 Å². The second-order valence-corrected chi connectivity index (χ2v) is 7.92. The van der Waals surface area contributed by atoms with Crippen LogP contribution in [0.5, 0.6) is 0 Å². The summed E-state index contributed by atoms with van der Waals surface area (Å²) in [6.07, 6.45) is -1.06. The van der Waals surface area contributed by atoms with Gasteiger partial charge in [-0.25, -0.2) is 13.2 Å². The maximum absolute atomic E-state index is 12.3. The van der Waals surface area contributed by atoms with Gasteiger partial charge in [0.1, 0.15) is 0 Å². The highest BCUT2D eigenvalue weighted by Crippen LogP contribution is 2.18. The van der Waals surface area contributed by atoms with E-state index in [-0.39, 0.29) is 10.5 Å². The number of ketones is 1. The van der Waals surface area contributed by atoms with Gasteiger partial charge in [-0.2, -0.15) is 0 Å². The van der Waals surface area contributed by atoms with Crippen molar-refractivity contribution in [2.24, 2.45) is 0 Å². The summed E-state index contributed by atoms with van der Waals surface area (Å²) in [5, 5.41) is 0.482. The number of esters is 1. The zero-order valence-corrected chi connectivity index (χ0v) is 16.5. The minimum Gasteiger partial charge on any atom is -0.451 e. The Morgan fingerprint density at radius 1 is 1.07 bits per heavy atom. The molecule has 0 bridgehead atoms. The standard InChI is InChI=1S/C18H18ClNO6S/c1-12(17(21)13-7-9-15(19)10-8-13)26-18(22)14-5-4-6-16(11-14)27(23,24)20(2)25-3/h4-12H,1-3H3. The fourth-order valence-electron chi connectivity index (χ4n) is 2.16. The van der Waals surface area contributed by atoms with Crippen LogP contribution in [0.1, 0.15) is 27.6 Å². The van der Waals surface area contributed by atoms with E-state index in [1.54, 1.807) is 12.1 Å². The van der Waals surface area contributed by atoms with Gasteiger partial charge in [0.05, 0.1) is 17.6 Å². The van der Waals surface area contributed by atoms with Gasteiger partial charge in [0.2, 0.25) is 5.78 Å². The van der Waals surface area contributed by atoms with E-state index in [9.17, 15) is 18.0 Å². The number of hydroxylamine groups is 1. The van der Waals surface area contributed by atoms with Crippen LogP contribution in [0.25, 0.3) is 0 Å². The third-order valence-corrected chi connectivity index (χ3v) is 5.67. The minimum atomic E-state index is -3.91. The molecule has 0 spiro atoms. The molecule has 0 fully saturated rings. The molecule has 0 aliphatic heterocycles. The Morgan fingerprint density at radius 2 is 1.70 bits per heavy atom. The second-order valence-electron chi connectivity index (χ2n) is 5.54. The van der Waals surface area contributed by atoms with Crippen molar-refractivity contribution in [2.75, 3.05) is 14.2 Å². The van der Waals surface area contributed by atoms with Crippen LogP contribution < -0.4 is 0 Å². The normalized spacial score (nSPS) is 12.6. The molecule has 2 aromatic rings. The van der Waals surface area contributed by atoms with Gasteiger partial charge in [-0.1, -0.05) is 22.1 Å². The number of Topliss-reactive ketones (excluding diaryl/α,β-unsaturated/α-hetero) is 1. The Hall–Kier alpha value is -2.26. The topological polar surface area (TPSA) is 90.0 Å². The molecule has 0 saturated heterocycles. The van der Waals surface area contributed by atoms with Gasteiger partial charge in [-0.05, 0) is 49.4 Å². The number of hydrogen-bond acceptors (Lipinski definition) is 6. The lowest BCUT2D eigenvalue weighted by Gasteiger charge is -2.15. The third kappa shape index (κ3) is 4.92. The maximum atomic E-state index is 12.3. The van der Waals surface area contributed by atoms with Crippen LogP contribution in [0.15, 0.2) is 53.4 Å². The summed E-state index contributed by atoms with van der Waals surface area (Å²) < 4.78 is 30.4. The van der Waals surface area contributed by atoms with Crippen LogP contribution in [0.2, 0.25) is 5.02 Å². The first-order chi connectivity index (χ1) is 12.7. The summed E-state index contributed by atoms with van der Waals surface area (Å²) >= 11 is 5.79. The zero-order valence-electron chi connectivity index (χ0n) is 14.9. The Morgan fingerprint density at radius 3 is 2.30 bits per heavy atom. The smallest absolute Gasteiger partial charge is 0.338 e. The highest BCUT2D eigenvalue weighted by atomic mass is 35.5. The number of benzene rings is 2. The highest BCUT2D eigenvalue weighted by molar-refractivity contribution is 7.89. The minimum absolute atomic E-state index is 0.00339. The van der Waals surface area contributed by atoms with Crippen molar-refractivity contribution >= 4 is 33.4 Å². The Balaban J connectivity index is 2.17. The largest absolute Gasteiger partial charge is 0.451 e. The SMILES string of the molecule is CON(C)S(=O)(=O)c1cccc(C(=O)OC(C)C(=O)c2ccc(Cl)cc2)c1. The van der Waals surface area contributed by atoms with Crippen molar-refractivity contribution in [2.45, 2.75) is 17.9 Å². The second kappa shape index (κ2) is 8.62. The Kier molecular flexibility index (Phi) is 6.72.